The highest BCUT2D eigenvalue weighted by Crippen LogP contribution is 2.33. The highest BCUT2D eigenvalue weighted by Gasteiger charge is 2.12. The minimum Gasteiger partial charge on any atom is -0.456 e. The topological polar surface area (TPSA) is 25.2 Å². The molecule has 18 heavy (non-hydrogen) atoms. The smallest absolute Gasteiger partial charge is 0.136 e. The molecule has 0 fully saturated rings. The van der Waals surface area contributed by atoms with Crippen molar-refractivity contribution in [3.05, 3.63) is 52.7 Å². The predicted molar refractivity (Wildman–Crippen MR) is 74.6 cm³/mol. The van der Waals surface area contributed by atoms with Gasteiger partial charge in [-0.25, -0.2) is 0 Å². The third-order valence-corrected chi connectivity index (χ3v) is 3.60. The summed E-state index contributed by atoms with van der Waals surface area (Å²) >= 11 is 5.99. The number of halogens is 1. The molecule has 0 radical (unpaired) electrons. The molecular formula is C15H10ClNO. The number of rotatable bonds is 0. The van der Waals surface area contributed by atoms with Crippen molar-refractivity contribution in [1.29, 1.82) is 0 Å². The molecule has 1 N–H and O–H groups in total. The van der Waals surface area contributed by atoms with E-state index in [4.69, 9.17) is 16.0 Å². The summed E-state index contributed by atoms with van der Waals surface area (Å²) in [6.07, 6.45) is 4.03. The van der Waals surface area contributed by atoms with E-state index in [0.717, 1.165) is 28.5 Å². The molecule has 3 heteroatoms. The molecule has 2 heterocycles. The minimum atomic E-state index is 0.702. The normalized spacial score (nSPS) is 13.8. The molecule has 0 saturated carbocycles. The van der Waals surface area contributed by atoms with Gasteiger partial charge in [-0.3, -0.25) is 0 Å². The molecule has 1 aliphatic heterocycles. The molecule has 3 aromatic rings. The van der Waals surface area contributed by atoms with Gasteiger partial charge in [0.05, 0.1) is 0 Å². The maximum Gasteiger partial charge on any atom is 0.136 e. The van der Waals surface area contributed by atoms with Crippen LogP contribution >= 0.6 is 11.6 Å². The third-order valence-electron chi connectivity index (χ3n) is 3.37. The molecule has 0 saturated heterocycles. The van der Waals surface area contributed by atoms with Gasteiger partial charge in [0.25, 0.3) is 0 Å². The first-order chi connectivity index (χ1) is 8.81. The van der Waals surface area contributed by atoms with E-state index < -0.39 is 0 Å². The lowest BCUT2D eigenvalue weighted by Crippen LogP contribution is -2.09. The van der Waals surface area contributed by atoms with E-state index in [1.807, 2.05) is 24.4 Å². The number of nitrogens with one attached hydrogen (secondary N) is 1. The Morgan fingerprint density at radius 1 is 1.06 bits per heavy atom. The fraction of sp³-hybridized carbons (Fsp3) is 0.0667. The molecule has 0 unspecified atom stereocenters. The summed E-state index contributed by atoms with van der Waals surface area (Å²) < 4.78 is 5.86. The van der Waals surface area contributed by atoms with Crippen LogP contribution in [-0.2, 0) is 6.54 Å². The Hall–Kier alpha value is -1.93. The van der Waals surface area contributed by atoms with Crippen molar-refractivity contribution in [3.63, 3.8) is 0 Å². The summed E-state index contributed by atoms with van der Waals surface area (Å²) in [5.41, 5.74) is 4.27. The van der Waals surface area contributed by atoms with Gasteiger partial charge < -0.3 is 9.73 Å². The summed E-state index contributed by atoms with van der Waals surface area (Å²) in [5, 5.41) is 6.19. The van der Waals surface area contributed by atoms with E-state index in [1.165, 1.54) is 11.1 Å². The van der Waals surface area contributed by atoms with E-state index in [0.29, 0.717) is 5.02 Å². The summed E-state index contributed by atoms with van der Waals surface area (Å²) in [4.78, 5) is 0. The zero-order chi connectivity index (χ0) is 12.1. The average molecular weight is 256 g/mol. The van der Waals surface area contributed by atoms with Crippen LogP contribution in [0.5, 0.6) is 0 Å². The van der Waals surface area contributed by atoms with Gasteiger partial charge in [0, 0.05) is 28.4 Å². The van der Waals surface area contributed by atoms with Crippen LogP contribution < -0.4 is 5.32 Å². The van der Waals surface area contributed by atoms with Crippen molar-refractivity contribution in [2.75, 3.05) is 0 Å². The Bertz CT molecular complexity index is 801. The summed E-state index contributed by atoms with van der Waals surface area (Å²) in [5.74, 6) is 0. The van der Waals surface area contributed by atoms with Crippen LogP contribution in [0.15, 0.2) is 40.9 Å². The first kappa shape index (κ1) is 10.0. The number of hydrogen-bond donors (Lipinski definition) is 1. The molecule has 4 rings (SSSR count). The fourth-order valence-corrected chi connectivity index (χ4v) is 2.64. The second kappa shape index (κ2) is 3.53. The number of hydrogen-bond acceptors (Lipinski definition) is 2. The van der Waals surface area contributed by atoms with Gasteiger partial charge in [-0.05, 0) is 47.7 Å². The maximum absolute atomic E-state index is 5.99. The third kappa shape index (κ3) is 1.36. The molecular weight excluding hydrogens is 246 g/mol. The van der Waals surface area contributed by atoms with Crippen LogP contribution in [0.1, 0.15) is 11.1 Å². The number of furan rings is 1. The molecule has 2 nitrogen and oxygen atoms in total. The summed E-state index contributed by atoms with van der Waals surface area (Å²) in [6, 6.07) is 10.1. The van der Waals surface area contributed by atoms with Crippen molar-refractivity contribution in [3.8, 4) is 0 Å². The van der Waals surface area contributed by atoms with Crippen LogP contribution in [0.25, 0.3) is 28.0 Å². The van der Waals surface area contributed by atoms with Gasteiger partial charge in [-0.1, -0.05) is 11.6 Å². The number of fused-ring (bicyclic) bond motifs is 4. The van der Waals surface area contributed by atoms with Crippen LogP contribution in [0.3, 0.4) is 0 Å². The molecule has 1 aromatic heterocycles. The Morgan fingerprint density at radius 2 is 1.94 bits per heavy atom. The van der Waals surface area contributed by atoms with Gasteiger partial charge in [0.15, 0.2) is 0 Å². The van der Waals surface area contributed by atoms with E-state index in [9.17, 15) is 0 Å². The lowest BCUT2D eigenvalue weighted by molar-refractivity contribution is 0.668. The second-order valence-corrected chi connectivity index (χ2v) is 4.94. The van der Waals surface area contributed by atoms with Crippen molar-refractivity contribution in [1.82, 2.24) is 5.32 Å². The second-order valence-electron chi connectivity index (χ2n) is 4.50. The quantitative estimate of drug-likeness (QED) is 0.647. The zero-order valence-electron chi connectivity index (χ0n) is 9.53. The Kier molecular flexibility index (Phi) is 1.97. The standard InChI is InChI=1S/C15H10ClNO/c16-11-1-2-12-13-5-10-8-17-4-3-9(10)6-14(13)18-15(12)7-11/h1-7,17H,8H2. The molecule has 0 aliphatic carbocycles. The van der Waals surface area contributed by atoms with Crippen molar-refractivity contribution in [2.45, 2.75) is 6.54 Å². The predicted octanol–water partition coefficient (Wildman–Crippen LogP) is 4.31. The van der Waals surface area contributed by atoms with Crippen molar-refractivity contribution >= 4 is 39.6 Å². The van der Waals surface area contributed by atoms with Crippen LogP contribution in [-0.4, -0.2) is 0 Å². The molecule has 2 aromatic carbocycles. The molecule has 1 aliphatic rings. The first-order valence-corrected chi connectivity index (χ1v) is 6.24. The lowest BCUT2D eigenvalue weighted by Gasteiger charge is -2.11. The minimum absolute atomic E-state index is 0.702. The first-order valence-electron chi connectivity index (χ1n) is 5.86. The van der Waals surface area contributed by atoms with E-state index in [2.05, 4.69) is 23.5 Å². The Morgan fingerprint density at radius 3 is 2.89 bits per heavy atom. The molecule has 88 valence electrons. The van der Waals surface area contributed by atoms with Crippen LogP contribution in [0.4, 0.5) is 0 Å². The van der Waals surface area contributed by atoms with Gasteiger partial charge in [0.1, 0.15) is 11.2 Å². The van der Waals surface area contributed by atoms with Crippen molar-refractivity contribution in [2.24, 2.45) is 0 Å². The molecule has 0 atom stereocenters. The fourth-order valence-electron chi connectivity index (χ4n) is 2.48. The Labute approximate surface area is 109 Å². The highest BCUT2D eigenvalue weighted by molar-refractivity contribution is 6.31. The monoisotopic (exact) mass is 255 g/mol. The van der Waals surface area contributed by atoms with Gasteiger partial charge in [0.2, 0.25) is 0 Å². The van der Waals surface area contributed by atoms with Crippen LogP contribution in [0.2, 0.25) is 5.02 Å². The Balaban J connectivity index is 2.12. The van der Waals surface area contributed by atoms with Gasteiger partial charge in [-0.15, -0.1) is 0 Å². The lowest BCUT2D eigenvalue weighted by atomic mass is 10.0. The summed E-state index contributed by atoms with van der Waals surface area (Å²) in [7, 11) is 0. The van der Waals surface area contributed by atoms with E-state index >= 15 is 0 Å². The van der Waals surface area contributed by atoms with Crippen molar-refractivity contribution < 1.29 is 4.42 Å². The molecule has 0 spiro atoms. The van der Waals surface area contributed by atoms with E-state index in [-0.39, 0.29) is 0 Å². The van der Waals surface area contributed by atoms with Crippen LogP contribution in [0, 0.1) is 0 Å². The van der Waals surface area contributed by atoms with Gasteiger partial charge in [-0.2, -0.15) is 0 Å². The number of benzene rings is 2. The summed E-state index contributed by atoms with van der Waals surface area (Å²) in [6.45, 7) is 0.863. The maximum atomic E-state index is 5.99. The molecule has 0 bridgehead atoms. The van der Waals surface area contributed by atoms with E-state index in [1.54, 1.807) is 0 Å². The van der Waals surface area contributed by atoms with Gasteiger partial charge >= 0.3 is 0 Å². The molecule has 0 amide bonds. The largest absolute Gasteiger partial charge is 0.456 e. The zero-order valence-corrected chi connectivity index (χ0v) is 10.3. The highest BCUT2D eigenvalue weighted by atomic mass is 35.5. The SMILES string of the molecule is Clc1ccc2c(c1)oc1cc3c(cc12)CNC=C3. The average Bonchev–Trinajstić information content (AvgIpc) is 2.72.